The molecule has 0 amide bonds. The van der Waals surface area contributed by atoms with Gasteiger partial charge in [-0.25, -0.2) is 0 Å². The Morgan fingerprint density at radius 1 is 0.842 bits per heavy atom. The Hall–Kier alpha value is -3.28. The van der Waals surface area contributed by atoms with Crippen LogP contribution in [-0.2, 0) is 16.0 Å². The first-order valence-corrected chi connectivity index (χ1v) is 13.2. The van der Waals surface area contributed by atoms with E-state index >= 15 is 0 Å². The lowest BCUT2D eigenvalue weighted by atomic mass is 9.98. The number of hydrogen-bond donors (Lipinski definition) is 0. The summed E-state index contributed by atoms with van der Waals surface area (Å²) in [5.41, 5.74) is 0.355. The lowest BCUT2D eigenvalue weighted by Gasteiger charge is -2.29. The average molecular weight is 525 g/mol. The van der Waals surface area contributed by atoms with Gasteiger partial charge in [0, 0.05) is 17.2 Å². The van der Waals surface area contributed by atoms with E-state index < -0.39 is 16.6 Å². The molecule has 0 N–H and O–H groups in total. The first-order valence-electron chi connectivity index (χ1n) is 13.2. The summed E-state index contributed by atoms with van der Waals surface area (Å²) in [7, 11) is 0. The first-order chi connectivity index (χ1) is 17.5. The first kappa shape index (κ1) is 30.9. The third-order valence-corrected chi connectivity index (χ3v) is 5.14. The van der Waals surface area contributed by atoms with E-state index in [0.717, 1.165) is 12.0 Å². The fourth-order valence-corrected chi connectivity index (χ4v) is 3.50. The number of allylic oxidation sites excluding steroid dienone is 1. The van der Waals surface area contributed by atoms with Gasteiger partial charge in [-0.15, -0.1) is 0 Å². The van der Waals surface area contributed by atoms with Gasteiger partial charge in [-0.2, -0.15) is 0 Å². The Bertz CT molecular complexity index is 1130. The maximum absolute atomic E-state index is 12.9. The van der Waals surface area contributed by atoms with Crippen molar-refractivity contribution in [2.75, 3.05) is 6.79 Å². The van der Waals surface area contributed by atoms with Crippen LogP contribution >= 0.6 is 0 Å². The lowest BCUT2D eigenvalue weighted by molar-refractivity contribution is -0.159. The van der Waals surface area contributed by atoms with Crippen LogP contribution < -0.4 is 14.2 Å². The molecule has 0 aliphatic carbocycles. The second kappa shape index (κ2) is 12.5. The van der Waals surface area contributed by atoms with Crippen molar-refractivity contribution >= 4 is 17.8 Å². The zero-order valence-electron chi connectivity index (χ0n) is 24.7. The molecule has 0 aliphatic rings. The highest BCUT2D eigenvalue weighted by atomic mass is 16.7. The largest absolute Gasteiger partial charge is 0.487 e. The van der Waals surface area contributed by atoms with E-state index in [1.165, 1.54) is 6.08 Å². The number of carbonyl (C=O) groups excluding carboxylic acids is 2. The van der Waals surface area contributed by atoms with Crippen LogP contribution in [0.5, 0.6) is 17.2 Å². The predicted molar refractivity (Wildman–Crippen MR) is 152 cm³/mol. The quantitative estimate of drug-likeness (QED) is 0.137. The van der Waals surface area contributed by atoms with Gasteiger partial charge in [-0.05, 0) is 80.9 Å². The Kier molecular flexibility index (Phi) is 10.2. The SMILES string of the molecule is CCCc1c(OCOC(=O)C(C)(C)C)cc(OC(C)(C)C)c(C=CC(=O)c2ccccc2)c1OC(C)(C)C. The third-order valence-electron chi connectivity index (χ3n) is 5.14. The monoisotopic (exact) mass is 524 g/mol. The highest BCUT2D eigenvalue weighted by Crippen LogP contribution is 2.43. The molecular weight excluding hydrogens is 480 g/mol. The van der Waals surface area contributed by atoms with Crippen molar-refractivity contribution in [3.63, 3.8) is 0 Å². The van der Waals surface area contributed by atoms with Gasteiger partial charge in [-0.1, -0.05) is 43.7 Å². The molecule has 38 heavy (non-hydrogen) atoms. The molecule has 0 heterocycles. The molecule has 0 unspecified atom stereocenters. The van der Waals surface area contributed by atoms with E-state index in [2.05, 4.69) is 6.92 Å². The molecule has 0 fully saturated rings. The Morgan fingerprint density at radius 3 is 1.97 bits per heavy atom. The Morgan fingerprint density at radius 2 is 1.45 bits per heavy atom. The molecule has 208 valence electrons. The van der Waals surface area contributed by atoms with Crippen molar-refractivity contribution in [1.82, 2.24) is 0 Å². The number of benzene rings is 2. The number of hydrogen-bond acceptors (Lipinski definition) is 6. The van der Waals surface area contributed by atoms with Crippen LogP contribution in [0, 0.1) is 5.41 Å². The van der Waals surface area contributed by atoms with E-state index in [9.17, 15) is 9.59 Å². The van der Waals surface area contributed by atoms with Crippen molar-refractivity contribution in [2.45, 2.75) is 93.3 Å². The summed E-state index contributed by atoms with van der Waals surface area (Å²) in [5.74, 6) is 1.12. The Balaban J connectivity index is 2.67. The van der Waals surface area contributed by atoms with Crippen molar-refractivity contribution < 1.29 is 28.5 Å². The van der Waals surface area contributed by atoms with Crippen LogP contribution in [-0.4, -0.2) is 29.7 Å². The zero-order chi connectivity index (χ0) is 28.7. The van der Waals surface area contributed by atoms with Gasteiger partial charge in [0.1, 0.15) is 28.5 Å². The third kappa shape index (κ3) is 9.55. The average Bonchev–Trinajstić information content (AvgIpc) is 2.78. The molecule has 0 saturated carbocycles. The fraction of sp³-hybridized carbons (Fsp3) is 0.500. The number of esters is 1. The van der Waals surface area contributed by atoms with E-state index in [0.29, 0.717) is 34.8 Å². The summed E-state index contributed by atoms with van der Waals surface area (Å²) in [4.78, 5) is 25.2. The van der Waals surface area contributed by atoms with E-state index in [1.54, 1.807) is 45.0 Å². The number of ether oxygens (including phenoxy) is 4. The van der Waals surface area contributed by atoms with Gasteiger partial charge in [0.15, 0.2) is 5.78 Å². The second-order valence-electron chi connectivity index (χ2n) is 12.3. The summed E-state index contributed by atoms with van der Waals surface area (Å²) < 4.78 is 24.3. The molecule has 6 nitrogen and oxygen atoms in total. The molecule has 2 rings (SSSR count). The normalized spacial score (nSPS) is 12.4. The molecule has 0 bridgehead atoms. The molecule has 0 spiro atoms. The predicted octanol–water partition coefficient (Wildman–Crippen LogP) is 7.82. The molecule has 0 atom stereocenters. The van der Waals surface area contributed by atoms with Crippen LogP contribution in [0.25, 0.3) is 6.08 Å². The van der Waals surface area contributed by atoms with Gasteiger partial charge in [0.05, 0.1) is 11.0 Å². The van der Waals surface area contributed by atoms with Crippen molar-refractivity contribution in [3.05, 3.63) is 59.2 Å². The number of carbonyl (C=O) groups is 2. The standard InChI is InChI=1S/C32H44O6/c1-11-15-23-26(35-21-36-29(34)30(2,3)4)20-27(37-31(5,6)7)24(28(23)38-32(8,9)10)18-19-25(33)22-16-13-12-14-17-22/h12-14,16-20H,11,15,21H2,1-10H3. The van der Waals surface area contributed by atoms with Gasteiger partial charge >= 0.3 is 5.97 Å². The summed E-state index contributed by atoms with van der Waals surface area (Å²) in [5, 5.41) is 0. The summed E-state index contributed by atoms with van der Waals surface area (Å²) >= 11 is 0. The summed E-state index contributed by atoms with van der Waals surface area (Å²) in [6.45, 7) is 19.0. The van der Waals surface area contributed by atoms with Crippen molar-refractivity contribution in [2.24, 2.45) is 5.41 Å². The minimum absolute atomic E-state index is 0.125. The molecule has 2 aromatic rings. The minimum Gasteiger partial charge on any atom is -0.487 e. The summed E-state index contributed by atoms with van der Waals surface area (Å²) in [6.07, 6.45) is 4.76. The van der Waals surface area contributed by atoms with Crippen LogP contribution in [0.4, 0.5) is 0 Å². The zero-order valence-corrected chi connectivity index (χ0v) is 24.7. The molecule has 6 heteroatoms. The topological polar surface area (TPSA) is 71.1 Å². The van der Waals surface area contributed by atoms with E-state index in [-0.39, 0.29) is 18.5 Å². The molecular formula is C32H44O6. The van der Waals surface area contributed by atoms with Gasteiger partial charge < -0.3 is 18.9 Å². The van der Waals surface area contributed by atoms with Crippen molar-refractivity contribution in [3.8, 4) is 17.2 Å². The second-order valence-corrected chi connectivity index (χ2v) is 12.3. The highest BCUT2D eigenvalue weighted by Gasteiger charge is 2.27. The molecule has 0 aliphatic heterocycles. The van der Waals surface area contributed by atoms with Crippen LogP contribution in [0.2, 0.25) is 0 Å². The van der Waals surface area contributed by atoms with Crippen LogP contribution in [0.1, 0.15) is 97.1 Å². The number of ketones is 1. The van der Waals surface area contributed by atoms with Crippen LogP contribution in [0.3, 0.4) is 0 Å². The molecule has 0 saturated heterocycles. The van der Waals surface area contributed by atoms with Crippen LogP contribution in [0.15, 0.2) is 42.5 Å². The smallest absolute Gasteiger partial charge is 0.314 e. The maximum atomic E-state index is 12.9. The highest BCUT2D eigenvalue weighted by molar-refractivity contribution is 6.07. The maximum Gasteiger partial charge on any atom is 0.314 e. The van der Waals surface area contributed by atoms with E-state index in [4.69, 9.17) is 18.9 Å². The van der Waals surface area contributed by atoms with Gasteiger partial charge in [0.25, 0.3) is 0 Å². The van der Waals surface area contributed by atoms with Crippen molar-refractivity contribution in [1.29, 1.82) is 0 Å². The van der Waals surface area contributed by atoms with E-state index in [1.807, 2.05) is 59.7 Å². The number of rotatable bonds is 10. The van der Waals surface area contributed by atoms with Gasteiger partial charge in [0.2, 0.25) is 6.79 Å². The lowest BCUT2D eigenvalue weighted by Crippen LogP contribution is -2.27. The summed E-state index contributed by atoms with van der Waals surface area (Å²) in [6, 6.07) is 10.9. The minimum atomic E-state index is -0.642. The Labute approximate surface area is 228 Å². The molecule has 2 aromatic carbocycles. The van der Waals surface area contributed by atoms with Gasteiger partial charge in [-0.3, -0.25) is 9.59 Å². The molecule has 0 radical (unpaired) electrons. The molecule has 0 aromatic heterocycles. The fourth-order valence-electron chi connectivity index (χ4n) is 3.50.